The average Bonchev–Trinajstić information content (AvgIpc) is 2.60. The van der Waals surface area contributed by atoms with Gasteiger partial charge in [0.05, 0.1) is 6.61 Å². The van der Waals surface area contributed by atoms with E-state index in [4.69, 9.17) is 10.5 Å². The zero-order valence-corrected chi connectivity index (χ0v) is 16.3. The van der Waals surface area contributed by atoms with Crippen LogP contribution in [0.3, 0.4) is 0 Å². The second-order valence-electron chi connectivity index (χ2n) is 6.44. The molecule has 0 spiro atoms. The smallest absolute Gasteiger partial charge is 0.328 e. The van der Waals surface area contributed by atoms with Crippen molar-refractivity contribution in [3.05, 3.63) is 0 Å². The number of hydrogen-bond acceptors (Lipinski definition) is 5. The van der Waals surface area contributed by atoms with E-state index >= 15 is 0 Å². The molecule has 1 amide bonds. The molecule has 25 heavy (non-hydrogen) atoms. The van der Waals surface area contributed by atoms with Crippen molar-refractivity contribution in [1.82, 2.24) is 10.6 Å². The maximum atomic E-state index is 12.1. The Labute approximate surface area is 153 Å². The normalized spacial score (nSPS) is 12.0. The summed E-state index contributed by atoms with van der Waals surface area (Å²) in [7, 11) is 0. The van der Waals surface area contributed by atoms with Crippen LogP contribution in [0.4, 0.5) is 0 Å². The topological polar surface area (TPSA) is 93.5 Å². The van der Waals surface area contributed by atoms with Gasteiger partial charge in [-0.25, -0.2) is 4.79 Å². The highest BCUT2D eigenvalue weighted by Gasteiger charge is 2.21. The van der Waals surface area contributed by atoms with Gasteiger partial charge in [0.1, 0.15) is 6.04 Å². The standard InChI is InChI=1S/C19H39N3O3/c1-3-5-6-7-8-9-10-11-14-18(23)22-17(19(24)25-4-2)13-12-15-21-16-20/h17,21H,3-16,20H2,1-2H3,(H,22,23). The van der Waals surface area contributed by atoms with Crippen LogP contribution < -0.4 is 16.4 Å². The van der Waals surface area contributed by atoms with Gasteiger partial charge in [-0.05, 0) is 32.7 Å². The second-order valence-corrected chi connectivity index (χ2v) is 6.44. The van der Waals surface area contributed by atoms with Gasteiger partial charge in [0.25, 0.3) is 0 Å². The molecule has 0 saturated carbocycles. The third-order valence-corrected chi connectivity index (χ3v) is 4.15. The summed E-state index contributed by atoms with van der Waals surface area (Å²) in [4.78, 5) is 24.0. The molecular formula is C19H39N3O3. The van der Waals surface area contributed by atoms with Gasteiger partial charge < -0.3 is 21.1 Å². The molecule has 0 radical (unpaired) electrons. The molecular weight excluding hydrogens is 318 g/mol. The SMILES string of the molecule is CCCCCCCCCCC(=O)NC(CCCNCN)C(=O)OCC. The molecule has 148 valence electrons. The van der Waals surface area contributed by atoms with Crippen molar-refractivity contribution >= 4 is 11.9 Å². The Morgan fingerprint density at radius 1 is 0.960 bits per heavy atom. The third kappa shape index (κ3) is 14.9. The van der Waals surface area contributed by atoms with E-state index in [9.17, 15) is 9.59 Å². The number of nitrogens with two attached hydrogens (primary N) is 1. The average molecular weight is 358 g/mol. The van der Waals surface area contributed by atoms with Crippen LogP contribution in [0.5, 0.6) is 0 Å². The van der Waals surface area contributed by atoms with Crippen LogP contribution in [0.25, 0.3) is 0 Å². The first-order valence-corrected chi connectivity index (χ1v) is 10.0. The lowest BCUT2D eigenvalue weighted by Gasteiger charge is -2.17. The number of carbonyl (C=O) groups excluding carboxylic acids is 2. The molecule has 0 heterocycles. The second kappa shape index (κ2) is 17.7. The van der Waals surface area contributed by atoms with Crippen LogP contribution in [0.1, 0.15) is 84.5 Å². The van der Waals surface area contributed by atoms with Gasteiger partial charge in [-0.3, -0.25) is 4.79 Å². The number of nitrogens with one attached hydrogen (secondary N) is 2. The molecule has 1 atom stereocenters. The molecule has 1 unspecified atom stereocenters. The lowest BCUT2D eigenvalue weighted by Crippen LogP contribution is -2.42. The van der Waals surface area contributed by atoms with Crippen molar-refractivity contribution in [3.63, 3.8) is 0 Å². The van der Waals surface area contributed by atoms with Crippen LogP contribution in [0.15, 0.2) is 0 Å². The molecule has 0 aliphatic heterocycles. The van der Waals surface area contributed by atoms with Crippen molar-refractivity contribution in [3.8, 4) is 0 Å². The minimum Gasteiger partial charge on any atom is -0.464 e. The van der Waals surface area contributed by atoms with Crippen LogP contribution in [-0.4, -0.2) is 37.7 Å². The quantitative estimate of drug-likeness (QED) is 0.211. The summed E-state index contributed by atoms with van der Waals surface area (Å²) in [6.45, 7) is 5.45. The fraction of sp³-hybridized carbons (Fsp3) is 0.895. The van der Waals surface area contributed by atoms with Crippen molar-refractivity contribution in [2.24, 2.45) is 5.73 Å². The molecule has 0 aliphatic rings. The zero-order valence-electron chi connectivity index (χ0n) is 16.3. The van der Waals surface area contributed by atoms with E-state index in [1.807, 2.05) is 0 Å². The van der Waals surface area contributed by atoms with E-state index in [1.165, 1.54) is 38.5 Å². The monoisotopic (exact) mass is 357 g/mol. The Bertz CT molecular complexity index is 338. The molecule has 6 heteroatoms. The highest BCUT2D eigenvalue weighted by molar-refractivity contribution is 5.84. The maximum Gasteiger partial charge on any atom is 0.328 e. The third-order valence-electron chi connectivity index (χ3n) is 4.15. The lowest BCUT2D eigenvalue weighted by molar-refractivity contribution is -0.147. The largest absolute Gasteiger partial charge is 0.464 e. The van der Waals surface area contributed by atoms with Crippen LogP contribution in [0, 0.1) is 0 Å². The van der Waals surface area contributed by atoms with Crippen molar-refractivity contribution in [2.75, 3.05) is 19.8 Å². The number of unbranched alkanes of at least 4 members (excludes halogenated alkanes) is 7. The van der Waals surface area contributed by atoms with Gasteiger partial charge in [0.15, 0.2) is 0 Å². The van der Waals surface area contributed by atoms with Gasteiger partial charge in [-0.2, -0.15) is 0 Å². The fourth-order valence-electron chi connectivity index (χ4n) is 2.71. The molecule has 4 N–H and O–H groups in total. The lowest BCUT2D eigenvalue weighted by atomic mass is 10.1. The van der Waals surface area contributed by atoms with Crippen LogP contribution in [-0.2, 0) is 14.3 Å². The summed E-state index contributed by atoms with van der Waals surface area (Å²) in [6.07, 6.45) is 11.4. The van der Waals surface area contributed by atoms with Gasteiger partial charge in [0.2, 0.25) is 5.91 Å². The van der Waals surface area contributed by atoms with Gasteiger partial charge in [0, 0.05) is 13.1 Å². The molecule has 0 saturated heterocycles. The number of ether oxygens (including phenoxy) is 1. The van der Waals surface area contributed by atoms with E-state index in [2.05, 4.69) is 17.6 Å². The van der Waals surface area contributed by atoms with E-state index in [1.54, 1.807) is 6.92 Å². The zero-order chi connectivity index (χ0) is 18.8. The minimum atomic E-state index is -0.555. The number of rotatable bonds is 17. The van der Waals surface area contributed by atoms with E-state index in [-0.39, 0.29) is 11.9 Å². The number of carbonyl (C=O) groups is 2. The molecule has 0 aromatic carbocycles. The van der Waals surface area contributed by atoms with E-state index in [0.717, 1.165) is 25.8 Å². The van der Waals surface area contributed by atoms with Gasteiger partial charge in [-0.15, -0.1) is 0 Å². The summed E-state index contributed by atoms with van der Waals surface area (Å²) in [5.74, 6) is -0.407. The highest BCUT2D eigenvalue weighted by Crippen LogP contribution is 2.10. The highest BCUT2D eigenvalue weighted by atomic mass is 16.5. The van der Waals surface area contributed by atoms with Crippen molar-refractivity contribution in [2.45, 2.75) is 90.5 Å². The molecule has 0 bridgehead atoms. The predicted octanol–water partition coefficient (Wildman–Crippen LogP) is 2.85. The number of amides is 1. The maximum absolute atomic E-state index is 12.1. The minimum absolute atomic E-state index is 0.0594. The Hall–Kier alpha value is -1.14. The van der Waals surface area contributed by atoms with Gasteiger partial charge in [-0.1, -0.05) is 51.9 Å². The van der Waals surface area contributed by atoms with Crippen LogP contribution in [0.2, 0.25) is 0 Å². The molecule has 6 nitrogen and oxygen atoms in total. The number of hydrogen-bond donors (Lipinski definition) is 3. The first-order chi connectivity index (χ1) is 12.2. The van der Waals surface area contributed by atoms with Crippen molar-refractivity contribution in [1.29, 1.82) is 0 Å². The Kier molecular flexibility index (Phi) is 16.9. The molecule has 0 rings (SSSR count). The molecule has 0 aliphatic carbocycles. The summed E-state index contributed by atoms with van der Waals surface area (Å²) >= 11 is 0. The summed E-state index contributed by atoms with van der Waals surface area (Å²) in [5.41, 5.74) is 5.37. The summed E-state index contributed by atoms with van der Waals surface area (Å²) in [6, 6.07) is -0.555. The fourth-order valence-corrected chi connectivity index (χ4v) is 2.71. The summed E-state index contributed by atoms with van der Waals surface area (Å²) < 4.78 is 5.05. The molecule has 0 aromatic heterocycles. The summed E-state index contributed by atoms with van der Waals surface area (Å²) in [5, 5.41) is 5.83. The van der Waals surface area contributed by atoms with Crippen LogP contribution >= 0.6 is 0 Å². The van der Waals surface area contributed by atoms with Crippen molar-refractivity contribution < 1.29 is 14.3 Å². The predicted molar refractivity (Wildman–Crippen MR) is 102 cm³/mol. The molecule has 0 aromatic rings. The number of esters is 1. The first kappa shape index (κ1) is 23.9. The first-order valence-electron chi connectivity index (χ1n) is 10.0. The van der Waals surface area contributed by atoms with E-state index in [0.29, 0.717) is 26.1 Å². The Morgan fingerprint density at radius 2 is 1.60 bits per heavy atom. The Balaban J connectivity index is 3.93. The van der Waals surface area contributed by atoms with E-state index < -0.39 is 6.04 Å². The molecule has 0 fully saturated rings. The van der Waals surface area contributed by atoms with Gasteiger partial charge >= 0.3 is 5.97 Å². The Morgan fingerprint density at radius 3 is 2.20 bits per heavy atom.